The van der Waals surface area contributed by atoms with Crippen LogP contribution in [0.4, 0.5) is 0 Å². The van der Waals surface area contributed by atoms with E-state index in [0.717, 1.165) is 5.56 Å². The van der Waals surface area contributed by atoms with E-state index in [1.54, 1.807) is 24.3 Å². The standard InChI is InChI=1S/C13H17ClN2O3S/c1-10-3-5-12(6-4-10)20(18,19)15-8-11(2)16(9-15)13(17)7-14/h3-6,11H,7-9H2,1-2H3. The molecule has 1 atom stereocenters. The minimum absolute atomic E-state index is 0.0585. The molecule has 110 valence electrons. The molecule has 0 radical (unpaired) electrons. The van der Waals surface area contributed by atoms with Crippen molar-refractivity contribution in [2.24, 2.45) is 0 Å². The molecule has 1 aromatic carbocycles. The Balaban J connectivity index is 2.24. The zero-order valence-corrected chi connectivity index (χ0v) is 13.0. The average Bonchev–Trinajstić information content (AvgIpc) is 2.81. The number of nitrogens with zero attached hydrogens (tertiary/aromatic N) is 2. The number of halogens is 1. The van der Waals surface area contributed by atoms with Gasteiger partial charge in [-0.3, -0.25) is 4.79 Å². The average molecular weight is 317 g/mol. The van der Waals surface area contributed by atoms with Crippen molar-refractivity contribution in [2.45, 2.75) is 24.8 Å². The molecular formula is C13H17ClN2O3S. The van der Waals surface area contributed by atoms with Crippen LogP contribution in [0.3, 0.4) is 0 Å². The summed E-state index contributed by atoms with van der Waals surface area (Å²) in [5.41, 5.74) is 0.998. The molecule has 0 aliphatic carbocycles. The van der Waals surface area contributed by atoms with E-state index in [2.05, 4.69) is 0 Å². The van der Waals surface area contributed by atoms with Gasteiger partial charge < -0.3 is 4.90 Å². The van der Waals surface area contributed by atoms with Gasteiger partial charge in [-0.25, -0.2) is 8.42 Å². The minimum Gasteiger partial charge on any atom is -0.324 e. The smallest absolute Gasteiger partial charge is 0.244 e. The van der Waals surface area contributed by atoms with Crippen LogP contribution in [0.1, 0.15) is 12.5 Å². The molecule has 0 spiro atoms. The molecule has 1 aromatic rings. The summed E-state index contributed by atoms with van der Waals surface area (Å²) < 4.78 is 26.3. The van der Waals surface area contributed by atoms with Gasteiger partial charge in [0, 0.05) is 12.6 Å². The highest BCUT2D eigenvalue weighted by Gasteiger charge is 2.37. The Labute approximate surface area is 124 Å². The van der Waals surface area contributed by atoms with E-state index in [1.165, 1.54) is 9.21 Å². The largest absolute Gasteiger partial charge is 0.324 e. The molecule has 1 heterocycles. The lowest BCUT2D eigenvalue weighted by Crippen LogP contribution is -2.36. The number of sulfonamides is 1. The van der Waals surface area contributed by atoms with E-state index in [0.29, 0.717) is 6.54 Å². The van der Waals surface area contributed by atoms with Crippen molar-refractivity contribution >= 4 is 27.5 Å². The molecule has 7 heteroatoms. The third kappa shape index (κ3) is 2.82. The van der Waals surface area contributed by atoms with Gasteiger partial charge in [-0.2, -0.15) is 4.31 Å². The monoisotopic (exact) mass is 316 g/mol. The van der Waals surface area contributed by atoms with E-state index < -0.39 is 10.0 Å². The second kappa shape index (κ2) is 5.71. The van der Waals surface area contributed by atoms with Crippen molar-refractivity contribution in [3.05, 3.63) is 29.8 Å². The van der Waals surface area contributed by atoms with Gasteiger partial charge in [0.1, 0.15) is 5.88 Å². The van der Waals surface area contributed by atoms with Crippen molar-refractivity contribution in [1.29, 1.82) is 0 Å². The summed E-state index contributed by atoms with van der Waals surface area (Å²) in [6.45, 7) is 4.06. The Kier molecular flexibility index (Phi) is 4.36. The van der Waals surface area contributed by atoms with E-state index in [4.69, 9.17) is 11.6 Å². The first-order valence-corrected chi connectivity index (χ1v) is 8.26. The minimum atomic E-state index is -3.57. The van der Waals surface area contributed by atoms with Crippen LogP contribution in [-0.2, 0) is 14.8 Å². The Bertz CT molecular complexity index is 601. The molecular weight excluding hydrogens is 300 g/mol. The topological polar surface area (TPSA) is 57.7 Å². The third-order valence-corrected chi connectivity index (χ3v) is 5.44. The van der Waals surface area contributed by atoms with Crippen LogP contribution < -0.4 is 0 Å². The number of alkyl halides is 1. The highest BCUT2D eigenvalue weighted by Crippen LogP contribution is 2.23. The Morgan fingerprint density at radius 3 is 2.50 bits per heavy atom. The highest BCUT2D eigenvalue weighted by molar-refractivity contribution is 7.89. The van der Waals surface area contributed by atoms with Gasteiger partial charge in [-0.1, -0.05) is 17.7 Å². The fraction of sp³-hybridized carbons (Fsp3) is 0.462. The van der Waals surface area contributed by atoms with Gasteiger partial charge in [-0.05, 0) is 26.0 Å². The maximum absolute atomic E-state index is 12.5. The van der Waals surface area contributed by atoms with Crippen LogP contribution in [0.5, 0.6) is 0 Å². The van der Waals surface area contributed by atoms with Gasteiger partial charge in [0.2, 0.25) is 15.9 Å². The zero-order valence-electron chi connectivity index (χ0n) is 11.4. The van der Waals surface area contributed by atoms with E-state index >= 15 is 0 Å². The SMILES string of the molecule is Cc1ccc(S(=O)(=O)N2CC(C)N(C(=O)CCl)C2)cc1. The highest BCUT2D eigenvalue weighted by atomic mass is 35.5. The molecule has 1 aliphatic rings. The lowest BCUT2D eigenvalue weighted by molar-refractivity contribution is -0.129. The summed E-state index contributed by atoms with van der Waals surface area (Å²) in [5, 5.41) is 0. The number of rotatable bonds is 3. The Morgan fingerprint density at radius 2 is 1.95 bits per heavy atom. The fourth-order valence-corrected chi connectivity index (χ4v) is 3.82. The number of amides is 1. The molecule has 2 rings (SSSR count). The van der Waals surface area contributed by atoms with Crippen LogP contribution in [0.15, 0.2) is 29.2 Å². The number of hydrogen-bond donors (Lipinski definition) is 0. The quantitative estimate of drug-likeness (QED) is 0.792. The predicted octanol–water partition coefficient (Wildman–Crippen LogP) is 1.41. The molecule has 20 heavy (non-hydrogen) atoms. The van der Waals surface area contributed by atoms with Crippen molar-refractivity contribution in [3.63, 3.8) is 0 Å². The zero-order chi connectivity index (χ0) is 14.9. The van der Waals surface area contributed by atoms with Crippen LogP contribution in [0.25, 0.3) is 0 Å². The number of aryl methyl sites for hydroxylation is 1. The summed E-state index contributed by atoms with van der Waals surface area (Å²) in [6.07, 6.45) is 0. The molecule has 1 amide bonds. The molecule has 0 aromatic heterocycles. The maximum atomic E-state index is 12.5. The second-order valence-corrected chi connectivity index (χ2v) is 7.15. The molecule has 0 bridgehead atoms. The fourth-order valence-electron chi connectivity index (χ4n) is 2.20. The van der Waals surface area contributed by atoms with Gasteiger partial charge in [0.15, 0.2) is 0 Å². The molecule has 1 unspecified atom stereocenters. The number of benzene rings is 1. The van der Waals surface area contributed by atoms with Gasteiger partial charge in [-0.15, -0.1) is 11.6 Å². The summed E-state index contributed by atoms with van der Waals surface area (Å²) in [5.74, 6) is -0.385. The lowest BCUT2D eigenvalue weighted by Gasteiger charge is -2.19. The van der Waals surface area contributed by atoms with E-state index in [1.807, 2.05) is 13.8 Å². The van der Waals surface area contributed by atoms with E-state index in [9.17, 15) is 13.2 Å². The predicted molar refractivity (Wildman–Crippen MR) is 77.0 cm³/mol. The number of carbonyl (C=O) groups is 1. The summed E-state index contributed by atoms with van der Waals surface area (Å²) in [7, 11) is -3.57. The number of carbonyl (C=O) groups excluding carboxylic acids is 1. The maximum Gasteiger partial charge on any atom is 0.244 e. The van der Waals surface area contributed by atoms with Crippen LogP contribution >= 0.6 is 11.6 Å². The second-order valence-electron chi connectivity index (χ2n) is 4.94. The summed E-state index contributed by atoms with van der Waals surface area (Å²) in [6, 6.07) is 6.52. The molecule has 0 saturated carbocycles. The van der Waals surface area contributed by atoms with Crippen LogP contribution in [0, 0.1) is 6.92 Å². The number of hydrogen-bond acceptors (Lipinski definition) is 3. The van der Waals surface area contributed by atoms with Crippen molar-refractivity contribution in [3.8, 4) is 0 Å². The first-order chi connectivity index (χ1) is 9.36. The normalized spacial score (nSPS) is 20.4. The Morgan fingerprint density at radius 1 is 1.35 bits per heavy atom. The van der Waals surface area contributed by atoms with Gasteiger partial charge in [0.25, 0.3) is 0 Å². The molecule has 0 N–H and O–H groups in total. The molecule has 1 fully saturated rings. The Hall–Kier alpha value is -1.11. The van der Waals surface area contributed by atoms with Gasteiger partial charge in [0.05, 0.1) is 11.6 Å². The first kappa shape index (κ1) is 15.3. The van der Waals surface area contributed by atoms with Crippen molar-refractivity contribution in [1.82, 2.24) is 9.21 Å². The molecule has 5 nitrogen and oxygen atoms in total. The molecule has 1 saturated heterocycles. The first-order valence-electron chi connectivity index (χ1n) is 6.28. The lowest BCUT2D eigenvalue weighted by atomic mass is 10.2. The van der Waals surface area contributed by atoms with Crippen molar-refractivity contribution < 1.29 is 13.2 Å². The van der Waals surface area contributed by atoms with E-state index in [-0.39, 0.29) is 29.4 Å². The molecule has 1 aliphatic heterocycles. The third-order valence-electron chi connectivity index (χ3n) is 3.40. The van der Waals surface area contributed by atoms with Crippen LogP contribution in [-0.4, -0.2) is 48.7 Å². The summed E-state index contributed by atoms with van der Waals surface area (Å²) in [4.78, 5) is 13.4. The summed E-state index contributed by atoms with van der Waals surface area (Å²) >= 11 is 5.53. The van der Waals surface area contributed by atoms with Crippen LogP contribution in [0.2, 0.25) is 0 Å². The van der Waals surface area contributed by atoms with Crippen molar-refractivity contribution in [2.75, 3.05) is 19.1 Å². The van der Waals surface area contributed by atoms with Gasteiger partial charge >= 0.3 is 0 Å².